The van der Waals surface area contributed by atoms with Gasteiger partial charge in [0.05, 0.1) is 5.41 Å². The quantitative estimate of drug-likeness (QED) is 0.894. The number of nitrogens with one attached hydrogen (secondary N) is 1. The van der Waals surface area contributed by atoms with Crippen molar-refractivity contribution < 1.29 is 19.4 Å². The number of carboxylic acid groups (broad SMARTS) is 1. The fourth-order valence-corrected chi connectivity index (χ4v) is 2.22. The Labute approximate surface area is 124 Å². The highest BCUT2D eigenvalue weighted by molar-refractivity contribution is 5.84. The monoisotopic (exact) mass is 291 g/mol. The number of benzene rings is 1. The second kappa shape index (κ2) is 5.39. The number of ether oxygens (including phenoxy) is 1. The predicted octanol–water partition coefficient (Wildman–Crippen LogP) is 2.83. The molecule has 1 aliphatic rings. The van der Waals surface area contributed by atoms with Crippen molar-refractivity contribution in [3.63, 3.8) is 0 Å². The smallest absolute Gasteiger partial charge is 0.407 e. The Balaban J connectivity index is 2.00. The molecule has 0 bridgehead atoms. The normalized spacial score (nSPS) is 16.1. The van der Waals surface area contributed by atoms with Crippen LogP contribution in [0.1, 0.15) is 44.7 Å². The maximum atomic E-state index is 11.6. The molecule has 2 N–H and O–H groups in total. The molecule has 0 aromatic heterocycles. The molecule has 0 heterocycles. The van der Waals surface area contributed by atoms with Crippen molar-refractivity contribution in [2.24, 2.45) is 0 Å². The van der Waals surface area contributed by atoms with E-state index in [0.717, 1.165) is 11.1 Å². The molecule has 0 spiro atoms. The van der Waals surface area contributed by atoms with Crippen molar-refractivity contribution in [2.45, 2.75) is 51.2 Å². The second-order valence-electron chi connectivity index (χ2n) is 6.44. The molecule has 1 saturated carbocycles. The zero-order valence-electron chi connectivity index (χ0n) is 12.6. The highest BCUT2D eigenvalue weighted by Crippen LogP contribution is 2.48. The van der Waals surface area contributed by atoms with Gasteiger partial charge in [0.15, 0.2) is 0 Å². The number of carboxylic acids is 1. The van der Waals surface area contributed by atoms with Crippen molar-refractivity contribution in [1.82, 2.24) is 5.32 Å². The van der Waals surface area contributed by atoms with Crippen LogP contribution in [0, 0.1) is 0 Å². The van der Waals surface area contributed by atoms with Gasteiger partial charge in [-0.25, -0.2) is 4.79 Å². The number of hydrogen-bond acceptors (Lipinski definition) is 3. The Hall–Kier alpha value is -2.04. The third-order valence-corrected chi connectivity index (χ3v) is 3.47. The number of carbonyl (C=O) groups is 2. The predicted molar refractivity (Wildman–Crippen MR) is 78.1 cm³/mol. The van der Waals surface area contributed by atoms with E-state index in [9.17, 15) is 14.7 Å². The van der Waals surface area contributed by atoms with Gasteiger partial charge in [-0.05, 0) is 44.7 Å². The molecule has 5 heteroatoms. The van der Waals surface area contributed by atoms with E-state index in [1.54, 1.807) is 20.8 Å². The second-order valence-corrected chi connectivity index (χ2v) is 6.44. The van der Waals surface area contributed by atoms with E-state index in [1.807, 2.05) is 24.3 Å². The summed E-state index contributed by atoms with van der Waals surface area (Å²) in [4.78, 5) is 22.9. The van der Waals surface area contributed by atoms with Gasteiger partial charge in [0.25, 0.3) is 0 Å². The molecule has 1 aromatic carbocycles. The fraction of sp³-hybridized carbons (Fsp3) is 0.500. The summed E-state index contributed by atoms with van der Waals surface area (Å²) in [7, 11) is 0. The van der Waals surface area contributed by atoms with Gasteiger partial charge in [-0.2, -0.15) is 0 Å². The van der Waals surface area contributed by atoms with Gasteiger partial charge in [-0.3, -0.25) is 4.79 Å². The summed E-state index contributed by atoms with van der Waals surface area (Å²) >= 11 is 0. The van der Waals surface area contributed by atoms with Gasteiger partial charge in [0.1, 0.15) is 5.60 Å². The number of rotatable bonds is 4. The van der Waals surface area contributed by atoms with E-state index < -0.39 is 23.1 Å². The fourth-order valence-electron chi connectivity index (χ4n) is 2.22. The first-order valence-corrected chi connectivity index (χ1v) is 7.03. The molecule has 21 heavy (non-hydrogen) atoms. The first-order valence-electron chi connectivity index (χ1n) is 7.03. The van der Waals surface area contributed by atoms with E-state index in [2.05, 4.69) is 5.32 Å². The first kappa shape index (κ1) is 15.4. The topological polar surface area (TPSA) is 75.6 Å². The maximum Gasteiger partial charge on any atom is 0.407 e. The zero-order chi connectivity index (χ0) is 15.7. The Bertz CT molecular complexity index is 556. The SMILES string of the molecule is CC(C)(C)OC(=O)NCc1cccc(C2(C(=O)O)CC2)c1. The number of aliphatic carboxylic acids is 1. The van der Waals surface area contributed by atoms with Gasteiger partial charge in [0.2, 0.25) is 0 Å². The molecule has 2 rings (SSSR count). The first-order chi connectivity index (χ1) is 9.73. The Morgan fingerprint density at radius 3 is 2.52 bits per heavy atom. The van der Waals surface area contributed by atoms with Crippen molar-refractivity contribution >= 4 is 12.1 Å². The lowest BCUT2D eigenvalue weighted by atomic mass is 9.94. The van der Waals surface area contributed by atoms with E-state index in [0.29, 0.717) is 19.4 Å². The molecule has 0 atom stereocenters. The van der Waals surface area contributed by atoms with Crippen LogP contribution in [-0.2, 0) is 21.5 Å². The molecule has 0 aliphatic heterocycles. The Morgan fingerprint density at radius 2 is 2.00 bits per heavy atom. The van der Waals surface area contributed by atoms with E-state index in [-0.39, 0.29) is 0 Å². The van der Waals surface area contributed by atoms with Crippen LogP contribution >= 0.6 is 0 Å². The minimum Gasteiger partial charge on any atom is -0.481 e. The van der Waals surface area contributed by atoms with Gasteiger partial charge >= 0.3 is 12.1 Å². The Morgan fingerprint density at radius 1 is 1.33 bits per heavy atom. The van der Waals surface area contributed by atoms with Crippen LogP contribution < -0.4 is 5.32 Å². The minimum absolute atomic E-state index is 0.318. The van der Waals surface area contributed by atoms with Gasteiger partial charge in [-0.15, -0.1) is 0 Å². The minimum atomic E-state index is -0.778. The molecule has 5 nitrogen and oxygen atoms in total. The summed E-state index contributed by atoms with van der Waals surface area (Å²) in [5.41, 5.74) is 0.416. The summed E-state index contributed by atoms with van der Waals surface area (Å²) in [6, 6.07) is 7.36. The lowest BCUT2D eigenvalue weighted by Crippen LogP contribution is -2.32. The molecule has 0 saturated heterocycles. The summed E-state index contributed by atoms with van der Waals surface area (Å²) in [6.07, 6.45) is 0.864. The van der Waals surface area contributed by atoms with Crippen LogP contribution in [0.2, 0.25) is 0 Å². The maximum absolute atomic E-state index is 11.6. The molecular weight excluding hydrogens is 270 g/mol. The molecule has 114 valence electrons. The Kier molecular flexibility index (Phi) is 3.94. The molecule has 1 aromatic rings. The third kappa shape index (κ3) is 3.74. The van der Waals surface area contributed by atoms with Gasteiger partial charge in [0, 0.05) is 6.54 Å². The summed E-state index contributed by atoms with van der Waals surface area (Å²) in [5.74, 6) is -0.778. The van der Waals surface area contributed by atoms with Crippen LogP contribution in [0.4, 0.5) is 4.79 Å². The van der Waals surface area contributed by atoms with Crippen molar-refractivity contribution in [2.75, 3.05) is 0 Å². The largest absolute Gasteiger partial charge is 0.481 e. The number of hydrogen-bond donors (Lipinski definition) is 2. The van der Waals surface area contributed by atoms with Crippen molar-refractivity contribution in [3.05, 3.63) is 35.4 Å². The van der Waals surface area contributed by atoms with Crippen molar-refractivity contribution in [3.8, 4) is 0 Å². The molecule has 0 unspecified atom stereocenters. The average molecular weight is 291 g/mol. The van der Waals surface area contributed by atoms with Crippen LogP contribution in [0.15, 0.2) is 24.3 Å². The van der Waals surface area contributed by atoms with Crippen LogP contribution in [0.5, 0.6) is 0 Å². The number of alkyl carbamates (subject to hydrolysis) is 1. The molecule has 1 fully saturated rings. The molecule has 0 radical (unpaired) electrons. The summed E-state index contributed by atoms with van der Waals surface area (Å²) in [6.45, 7) is 5.73. The van der Waals surface area contributed by atoms with Gasteiger partial charge < -0.3 is 15.2 Å². The lowest BCUT2D eigenvalue weighted by molar-refractivity contribution is -0.140. The van der Waals surface area contributed by atoms with E-state index in [4.69, 9.17) is 4.74 Å². The third-order valence-electron chi connectivity index (χ3n) is 3.47. The highest BCUT2D eigenvalue weighted by Gasteiger charge is 2.51. The average Bonchev–Trinajstić information content (AvgIpc) is 3.16. The van der Waals surface area contributed by atoms with E-state index in [1.165, 1.54) is 0 Å². The molecule has 1 aliphatic carbocycles. The molecular formula is C16H21NO4. The van der Waals surface area contributed by atoms with Crippen LogP contribution in [0.25, 0.3) is 0 Å². The van der Waals surface area contributed by atoms with Crippen LogP contribution in [0.3, 0.4) is 0 Å². The molecule has 1 amide bonds. The highest BCUT2D eigenvalue weighted by atomic mass is 16.6. The zero-order valence-corrected chi connectivity index (χ0v) is 12.6. The number of amides is 1. The van der Waals surface area contributed by atoms with E-state index >= 15 is 0 Å². The standard InChI is InChI=1S/C16H21NO4/c1-15(2,3)21-14(20)17-10-11-5-4-6-12(9-11)16(7-8-16)13(18)19/h4-6,9H,7-8,10H2,1-3H3,(H,17,20)(H,18,19). The summed E-state index contributed by atoms with van der Waals surface area (Å²) in [5, 5.41) is 12.0. The van der Waals surface area contributed by atoms with Gasteiger partial charge in [-0.1, -0.05) is 24.3 Å². The lowest BCUT2D eigenvalue weighted by Gasteiger charge is -2.20. The van der Waals surface area contributed by atoms with Crippen molar-refractivity contribution in [1.29, 1.82) is 0 Å². The number of carbonyl (C=O) groups excluding carboxylic acids is 1. The summed E-state index contributed by atoms with van der Waals surface area (Å²) < 4.78 is 5.16. The van der Waals surface area contributed by atoms with Crippen LogP contribution in [-0.4, -0.2) is 22.8 Å².